The van der Waals surface area contributed by atoms with Crippen LogP contribution in [0, 0.1) is 13.8 Å². The van der Waals surface area contributed by atoms with Crippen LogP contribution >= 0.6 is 0 Å². The summed E-state index contributed by atoms with van der Waals surface area (Å²) in [6, 6.07) is 17.0. The molecule has 0 aliphatic heterocycles. The highest BCUT2D eigenvalue weighted by molar-refractivity contribution is 5.83. The van der Waals surface area contributed by atoms with Gasteiger partial charge in [-0.15, -0.1) is 0 Å². The highest BCUT2D eigenvalue weighted by Crippen LogP contribution is 2.38. The van der Waals surface area contributed by atoms with Crippen LogP contribution in [0.4, 0.5) is 5.82 Å². The number of methoxy groups -OCH3 is 1. The summed E-state index contributed by atoms with van der Waals surface area (Å²) < 4.78 is 7.57. The normalized spacial score (nSPS) is 13.0. The van der Waals surface area contributed by atoms with Crippen LogP contribution in [0.25, 0.3) is 16.8 Å². The molecule has 2 aromatic carbocycles. The maximum Gasteiger partial charge on any atom is 0.165 e. The Labute approximate surface area is 208 Å². The Kier molecular flexibility index (Phi) is 6.48. The van der Waals surface area contributed by atoms with Crippen LogP contribution in [-0.2, 0) is 19.4 Å². The van der Waals surface area contributed by atoms with Crippen LogP contribution in [0.5, 0.6) is 5.75 Å². The van der Waals surface area contributed by atoms with Crippen molar-refractivity contribution in [1.29, 1.82) is 0 Å². The Morgan fingerprint density at radius 3 is 2.51 bits per heavy atom. The van der Waals surface area contributed by atoms with E-state index in [1.54, 1.807) is 7.11 Å². The molecule has 35 heavy (non-hydrogen) atoms. The van der Waals surface area contributed by atoms with Crippen LogP contribution in [0.3, 0.4) is 0 Å². The number of fused-ring (bicyclic) bond motifs is 2. The van der Waals surface area contributed by atoms with E-state index in [9.17, 15) is 0 Å². The van der Waals surface area contributed by atoms with Gasteiger partial charge in [0, 0.05) is 36.5 Å². The van der Waals surface area contributed by atoms with Gasteiger partial charge in [0.15, 0.2) is 5.65 Å². The predicted octanol–water partition coefficient (Wildman–Crippen LogP) is 5.08. The van der Waals surface area contributed by atoms with Gasteiger partial charge in [0.05, 0.1) is 12.8 Å². The first-order valence-electron chi connectivity index (χ1n) is 12.5. The van der Waals surface area contributed by atoms with Crippen molar-refractivity contribution in [2.24, 2.45) is 0 Å². The summed E-state index contributed by atoms with van der Waals surface area (Å²) in [5.41, 5.74) is 9.29. The van der Waals surface area contributed by atoms with Crippen LogP contribution in [0.1, 0.15) is 34.5 Å². The first kappa shape index (κ1) is 23.4. The fourth-order valence-corrected chi connectivity index (χ4v) is 5.18. The molecule has 1 aliphatic carbocycles. The maximum atomic E-state index is 5.45. The number of hydrogen-bond acceptors (Lipinski definition) is 5. The molecule has 0 saturated carbocycles. The molecule has 0 bridgehead atoms. The molecule has 2 heterocycles. The largest absolute Gasteiger partial charge is 0.497 e. The molecular weight excluding hydrogens is 434 g/mol. The van der Waals surface area contributed by atoms with Gasteiger partial charge < -0.3 is 14.5 Å². The molecule has 0 amide bonds. The zero-order valence-electron chi connectivity index (χ0n) is 21.5. The number of benzene rings is 2. The highest BCUT2D eigenvalue weighted by Gasteiger charge is 2.27. The first-order valence-corrected chi connectivity index (χ1v) is 12.5. The number of rotatable bonds is 8. The molecule has 0 unspecified atom stereocenters. The lowest BCUT2D eigenvalue weighted by Gasteiger charge is -2.29. The van der Waals surface area contributed by atoms with Crippen LogP contribution in [0.2, 0.25) is 0 Å². The van der Waals surface area contributed by atoms with Gasteiger partial charge in [0.25, 0.3) is 0 Å². The number of anilines is 1. The van der Waals surface area contributed by atoms with Crippen molar-refractivity contribution in [3.63, 3.8) is 0 Å². The van der Waals surface area contributed by atoms with Gasteiger partial charge in [-0.3, -0.25) is 0 Å². The Morgan fingerprint density at radius 2 is 1.80 bits per heavy atom. The minimum atomic E-state index is 0.843. The first-order chi connectivity index (χ1) is 17.0. The van der Waals surface area contributed by atoms with Gasteiger partial charge in [-0.05, 0) is 76.0 Å². The van der Waals surface area contributed by atoms with Gasteiger partial charge in [-0.2, -0.15) is 9.61 Å². The Balaban J connectivity index is 1.70. The highest BCUT2D eigenvalue weighted by atomic mass is 16.5. The lowest BCUT2D eigenvalue weighted by Crippen LogP contribution is -2.33. The molecule has 0 fully saturated rings. The molecule has 0 radical (unpaired) electrons. The summed E-state index contributed by atoms with van der Waals surface area (Å²) in [5, 5.41) is 5.11. The number of likely N-dealkylation sites (N-methyl/N-ethyl adjacent to an activating group) is 1. The number of nitrogens with zero attached hydrogens (tertiary/aromatic N) is 5. The molecule has 4 aromatic rings. The van der Waals surface area contributed by atoms with E-state index in [-0.39, 0.29) is 0 Å². The zero-order chi connectivity index (χ0) is 24.5. The van der Waals surface area contributed by atoms with E-state index in [1.165, 1.54) is 28.2 Å². The third-order valence-corrected chi connectivity index (χ3v) is 6.97. The van der Waals surface area contributed by atoms with E-state index in [4.69, 9.17) is 14.8 Å². The Bertz CT molecular complexity index is 1340. The minimum absolute atomic E-state index is 0.843. The molecule has 0 atom stereocenters. The van der Waals surface area contributed by atoms with Crippen molar-refractivity contribution in [2.45, 2.75) is 39.7 Å². The molecule has 0 spiro atoms. The third kappa shape index (κ3) is 4.50. The van der Waals surface area contributed by atoms with Crippen LogP contribution < -0.4 is 9.64 Å². The molecule has 2 aromatic heterocycles. The Hall–Kier alpha value is -3.38. The maximum absolute atomic E-state index is 5.45. The SMILES string of the molecule is COc1ccc(-c2c(C)nn3c(N(CCN(C)C)Cc4ccccc4)c4c(nc23)CCC4)c(C)c1. The van der Waals surface area contributed by atoms with Crippen molar-refractivity contribution >= 4 is 11.5 Å². The summed E-state index contributed by atoms with van der Waals surface area (Å²) in [6.07, 6.45) is 3.22. The molecule has 0 N–H and O–H groups in total. The molecular formula is C29H35N5O. The number of aromatic nitrogens is 3. The molecule has 1 aliphatic rings. The number of ether oxygens (including phenoxy) is 1. The molecule has 6 nitrogen and oxygen atoms in total. The van der Waals surface area contributed by atoms with E-state index in [1.807, 2.05) is 6.07 Å². The summed E-state index contributed by atoms with van der Waals surface area (Å²) in [6.45, 7) is 6.97. The number of aryl methyl sites for hydroxylation is 3. The van der Waals surface area contributed by atoms with E-state index >= 15 is 0 Å². The molecule has 6 heteroatoms. The summed E-state index contributed by atoms with van der Waals surface area (Å²) in [5.74, 6) is 2.07. The van der Waals surface area contributed by atoms with Gasteiger partial charge >= 0.3 is 0 Å². The average Bonchev–Trinajstić information content (AvgIpc) is 3.44. The van der Waals surface area contributed by atoms with Gasteiger partial charge in [0.2, 0.25) is 0 Å². The van der Waals surface area contributed by atoms with E-state index in [0.717, 1.165) is 67.1 Å². The summed E-state index contributed by atoms with van der Waals surface area (Å²) in [4.78, 5) is 9.97. The van der Waals surface area contributed by atoms with Crippen molar-refractivity contribution in [3.05, 3.63) is 76.6 Å². The average molecular weight is 470 g/mol. The predicted molar refractivity (Wildman–Crippen MR) is 143 cm³/mol. The van der Waals surface area contributed by atoms with Crippen LogP contribution in [-0.4, -0.2) is 53.8 Å². The number of hydrogen-bond donors (Lipinski definition) is 0. The quantitative estimate of drug-likeness (QED) is 0.360. The van der Waals surface area contributed by atoms with E-state index in [0.29, 0.717) is 0 Å². The molecule has 5 rings (SSSR count). The fourth-order valence-electron chi connectivity index (χ4n) is 5.18. The molecule has 182 valence electrons. The van der Waals surface area contributed by atoms with Crippen LogP contribution in [0.15, 0.2) is 48.5 Å². The summed E-state index contributed by atoms with van der Waals surface area (Å²) >= 11 is 0. The Morgan fingerprint density at radius 1 is 1.00 bits per heavy atom. The monoisotopic (exact) mass is 469 g/mol. The van der Waals surface area contributed by atoms with Crippen molar-refractivity contribution in [2.75, 3.05) is 39.2 Å². The zero-order valence-corrected chi connectivity index (χ0v) is 21.5. The lowest BCUT2D eigenvalue weighted by molar-refractivity contribution is 0.411. The van der Waals surface area contributed by atoms with Crippen molar-refractivity contribution < 1.29 is 4.74 Å². The fraction of sp³-hybridized carbons (Fsp3) is 0.379. The summed E-state index contributed by atoms with van der Waals surface area (Å²) in [7, 11) is 5.98. The smallest absolute Gasteiger partial charge is 0.165 e. The second kappa shape index (κ2) is 9.70. The van der Waals surface area contributed by atoms with Gasteiger partial charge in [-0.25, -0.2) is 4.98 Å². The van der Waals surface area contributed by atoms with E-state index < -0.39 is 0 Å². The lowest BCUT2D eigenvalue weighted by atomic mass is 10.0. The third-order valence-electron chi connectivity index (χ3n) is 6.97. The molecule has 0 saturated heterocycles. The topological polar surface area (TPSA) is 45.9 Å². The van der Waals surface area contributed by atoms with Gasteiger partial charge in [0.1, 0.15) is 11.6 Å². The second-order valence-electron chi connectivity index (χ2n) is 9.80. The standard InChI is InChI=1S/C29H35N5O/c1-20-18-23(35-5)14-15-24(20)27-21(2)31-34-28(27)30-26-13-9-12-25(26)29(34)33(17-16-32(3)4)19-22-10-7-6-8-11-22/h6-8,10-11,14-15,18H,9,12-13,16-17,19H2,1-5H3. The van der Waals surface area contributed by atoms with Crippen molar-refractivity contribution in [1.82, 2.24) is 19.5 Å². The minimum Gasteiger partial charge on any atom is -0.497 e. The second-order valence-corrected chi connectivity index (χ2v) is 9.80. The van der Waals surface area contributed by atoms with Gasteiger partial charge in [-0.1, -0.05) is 36.4 Å². The van der Waals surface area contributed by atoms with E-state index in [2.05, 4.69) is 84.7 Å². The van der Waals surface area contributed by atoms with Crippen molar-refractivity contribution in [3.8, 4) is 16.9 Å².